The van der Waals surface area contributed by atoms with Crippen molar-refractivity contribution in [1.29, 1.82) is 0 Å². The lowest BCUT2D eigenvalue weighted by molar-refractivity contribution is 0.552. The molecule has 0 aliphatic heterocycles. The average molecular weight is 417 g/mol. The molecule has 0 radical (unpaired) electrons. The van der Waals surface area contributed by atoms with Crippen molar-refractivity contribution in [1.82, 2.24) is 5.32 Å². The van der Waals surface area contributed by atoms with Crippen LogP contribution in [0, 0.1) is 13.8 Å². The highest BCUT2D eigenvalue weighted by Gasteiger charge is 2.14. The third-order valence-electron chi connectivity index (χ3n) is 3.35. The van der Waals surface area contributed by atoms with Crippen LogP contribution in [-0.4, -0.2) is 6.54 Å². The van der Waals surface area contributed by atoms with Gasteiger partial charge in [0.05, 0.1) is 3.79 Å². The average Bonchev–Trinajstić information content (AvgIpc) is 2.80. The van der Waals surface area contributed by atoms with Gasteiger partial charge in [0, 0.05) is 21.8 Å². The molecule has 2 rings (SSSR count). The zero-order valence-electron chi connectivity index (χ0n) is 12.0. The topological polar surface area (TPSA) is 12.0 Å². The Morgan fingerprint density at radius 1 is 1.15 bits per heavy atom. The summed E-state index contributed by atoms with van der Waals surface area (Å²) in [7, 11) is 0. The molecule has 1 unspecified atom stereocenters. The highest BCUT2D eigenvalue weighted by Crippen LogP contribution is 2.30. The quantitative estimate of drug-likeness (QED) is 0.650. The fraction of sp³-hybridized carbons (Fsp3) is 0.375. The summed E-state index contributed by atoms with van der Waals surface area (Å²) in [5.41, 5.74) is 3.97. The second kappa shape index (κ2) is 7.21. The smallest absolute Gasteiger partial charge is 0.0701 e. The van der Waals surface area contributed by atoms with Gasteiger partial charge in [0.15, 0.2) is 0 Å². The van der Waals surface area contributed by atoms with Crippen LogP contribution in [0.1, 0.15) is 34.5 Å². The van der Waals surface area contributed by atoms with E-state index in [-0.39, 0.29) is 0 Å². The number of hydrogen-bond acceptors (Lipinski definition) is 2. The van der Waals surface area contributed by atoms with Crippen LogP contribution >= 0.6 is 43.2 Å². The number of halogens is 2. The Bertz CT molecular complexity index is 569. The van der Waals surface area contributed by atoms with Gasteiger partial charge in [-0.25, -0.2) is 0 Å². The highest BCUT2D eigenvalue weighted by atomic mass is 79.9. The summed E-state index contributed by atoms with van der Waals surface area (Å²) in [6.07, 6.45) is 1.03. The summed E-state index contributed by atoms with van der Waals surface area (Å²) >= 11 is 9.00. The predicted octanol–water partition coefficient (Wildman–Crippen LogP) is 5.78. The van der Waals surface area contributed by atoms with Crippen molar-refractivity contribution in [3.63, 3.8) is 0 Å². The molecular weight excluding hydrogens is 398 g/mol. The van der Waals surface area contributed by atoms with Gasteiger partial charge in [-0.05, 0) is 65.1 Å². The van der Waals surface area contributed by atoms with E-state index in [1.807, 2.05) is 11.3 Å². The summed E-state index contributed by atoms with van der Waals surface area (Å²) in [6, 6.07) is 9.27. The third-order valence-corrected chi connectivity index (χ3v) is 6.24. The molecule has 0 spiro atoms. The first-order valence-electron chi connectivity index (χ1n) is 6.75. The van der Waals surface area contributed by atoms with Crippen LogP contribution in [-0.2, 0) is 6.42 Å². The van der Waals surface area contributed by atoms with E-state index >= 15 is 0 Å². The molecule has 0 saturated heterocycles. The number of aryl methyl sites for hydroxylation is 2. The van der Waals surface area contributed by atoms with Crippen molar-refractivity contribution < 1.29 is 0 Å². The van der Waals surface area contributed by atoms with Gasteiger partial charge in [-0.3, -0.25) is 0 Å². The van der Waals surface area contributed by atoms with Crippen molar-refractivity contribution in [2.75, 3.05) is 6.54 Å². The second-order valence-corrected chi connectivity index (χ2v) is 8.33. The molecule has 0 amide bonds. The molecule has 0 aliphatic carbocycles. The van der Waals surface area contributed by atoms with E-state index in [1.165, 1.54) is 29.8 Å². The van der Waals surface area contributed by atoms with Gasteiger partial charge in [0.2, 0.25) is 0 Å². The Labute approximate surface area is 142 Å². The van der Waals surface area contributed by atoms with E-state index < -0.39 is 0 Å². The Morgan fingerprint density at radius 3 is 2.30 bits per heavy atom. The van der Waals surface area contributed by atoms with Crippen LogP contribution in [0.4, 0.5) is 0 Å². The highest BCUT2D eigenvalue weighted by molar-refractivity contribution is 9.11. The number of hydrogen-bond donors (Lipinski definition) is 1. The number of likely N-dealkylation sites (N-methyl/N-ethyl adjacent to an activating group) is 1. The second-order valence-electron chi connectivity index (χ2n) is 4.99. The zero-order chi connectivity index (χ0) is 14.7. The summed E-state index contributed by atoms with van der Waals surface area (Å²) < 4.78 is 2.42. The number of thiophene rings is 1. The third kappa shape index (κ3) is 3.94. The lowest BCUT2D eigenvalue weighted by Crippen LogP contribution is -2.22. The normalized spacial score (nSPS) is 12.7. The molecule has 1 aromatic carbocycles. The number of rotatable bonds is 5. The lowest BCUT2D eigenvalue weighted by Gasteiger charge is -2.19. The first-order chi connectivity index (χ1) is 9.51. The fourth-order valence-corrected chi connectivity index (χ4v) is 4.15. The molecule has 0 aliphatic rings. The molecule has 0 saturated carbocycles. The van der Waals surface area contributed by atoms with Crippen LogP contribution in [0.15, 0.2) is 32.5 Å². The molecule has 1 nitrogen and oxygen atoms in total. The van der Waals surface area contributed by atoms with Gasteiger partial charge in [-0.2, -0.15) is 0 Å². The first kappa shape index (κ1) is 16.2. The van der Waals surface area contributed by atoms with Crippen LogP contribution in [0.25, 0.3) is 0 Å². The largest absolute Gasteiger partial charge is 0.310 e. The molecule has 108 valence electrons. The summed E-state index contributed by atoms with van der Waals surface area (Å²) in [5, 5.41) is 3.61. The SMILES string of the molecule is CCNC(Cc1ccc(Br)s1)c1cc(C)c(Br)c(C)c1. The summed E-state index contributed by atoms with van der Waals surface area (Å²) in [4.78, 5) is 1.40. The molecule has 20 heavy (non-hydrogen) atoms. The van der Waals surface area contributed by atoms with Crippen molar-refractivity contribution in [3.05, 3.63) is 54.1 Å². The Morgan fingerprint density at radius 2 is 1.80 bits per heavy atom. The van der Waals surface area contributed by atoms with Crippen molar-refractivity contribution in [2.45, 2.75) is 33.2 Å². The van der Waals surface area contributed by atoms with E-state index in [0.717, 1.165) is 13.0 Å². The van der Waals surface area contributed by atoms with Gasteiger partial charge in [0.25, 0.3) is 0 Å². The predicted molar refractivity (Wildman–Crippen MR) is 95.8 cm³/mol. The molecule has 0 fully saturated rings. The van der Waals surface area contributed by atoms with Crippen LogP contribution in [0.3, 0.4) is 0 Å². The monoisotopic (exact) mass is 415 g/mol. The standard InChI is InChI=1S/C16H19Br2NS/c1-4-19-14(9-13-5-6-15(17)20-13)12-7-10(2)16(18)11(3)8-12/h5-8,14,19H,4,9H2,1-3H3. The van der Waals surface area contributed by atoms with Crippen LogP contribution < -0.4 is 5.32 Å². The molecule has 1 heterocycles. The maximum atomic E-state index is 3.65. The molecule has 1 atom stereocenters. The minimum absolute atomic E-state index is 0.371. The number of benzene rings is 1. The van der Waals surface area contributed by atoms with Crippen LogP contribution in [0.2, 0.25) is 0 Å². The van der Waals surface area contributed by atoms with Gasteiger partial charge >= 0.3 is 0 Å². The van der Waals surface area contributed by atoms with Crippen molar-refractivity contribution >= 4 is 43.2 Å². The molecule has 1 aromatic heterocycles. The van der Waals surface area contributed by atoms with Crippen LogP contribution in [0.5, 0.6) is 0 Å². The first-order valence-corrected chi connectivity index (χ1v) is 9.15. The maximum absolute atomic E-state index is 3.65. The fourth-order valence-electron chi connectivity index (χ4n) is 2.40. The molecule has 1 N–H and O–H groups in total. The van der Waals surface area contributed by atoms with Gasteiger partial charge in [-0.1, -0.05) is 35.0 Å². The van der Waals surface area contributed by atoms with E-state index in [9.17, 15) is 0 Å². The molecular formula is C16H19Br2NS. The molecule has 2 aromatic rings. The minimum atomic E-state index is 0.371. The minimum Gasteiger partial charge on any atom is -0.310 e. The van der Waals surface area contributed by atoms with Crippen molar-refractivity contribution in [3.8, 4) is 0 Å². The van der Waals surface area contributed by atoms with E-state index in [1.54, 1.807) is 0 Å². The summed E-state index contributed by atoms with van der Waals surface area (Å²) in [6.45, 7) is 7.46. The number of nitrogens with one attached hydrogen (secondary N) is 1. The Balaban J connectivity index is 2.28. The molecule has 4 heteroatoms. The molecule has 0 bridgehead atoms. The Kier molecular flexibility index (Phi) is 5.84. The van der Waals surface area contributed by atoms with E-state index in [2.05, 4.69) is 82.2 Å². The summed E-state index contributed by atoms with van der Waals surface area (Å²) in [5.74, 6) is 0. The Hall–Kier alpha value is -0.160. The van der Waals surface area contributed by atoms with E-state index in [0.29, 0.717) is 6.04 Å². The van der Waals surface area contributed by atoms with Gasteiger partial charge in [-0.15, -0.1) is 11.3 Å². The zero-order valence-corrected chi connectivity index (χ0v) is 16.0. The van der Waals surface area contributed by atoms with Gasteiger partial charge in [0.1, 0.15) is 0 Å². The van der Waals surface area contributed by atoms with Crippen molar-refractivity contribution in [2.24, 2.45) is 0 Å². The van der Waals surface area contributed by atoms with E-state index in [4.69, 9.17) is 0 Å². The van der Waals surface area contributed by atoms with Gasteiger partial charge < -0.3 is 5.32 Å². The maximum Gasteiger partial charge on any atom is 0.0701 e. The lowest BCUT2D eigenvalue weighted by atomic mass is 9.98.